The van der Waals surface area contributed by atoms with Crippen LogP contribution in [0.15, 0.2) is 92.5 Å². The van der Waals surface area contributed by atoms with Gasteiger partial charge in [0.25, 0.3) is 0 Å². The minimum Gasteiger partial charge on any atom is -0.394 e. The zero-order valence-electron chi connectivity index (χ0n) is 51.7. The molecule has 6 aliphatic rings. The number of fused-ring (bicyclic) bond motifs is 4. The van der Waals surface area contributed by atoms with Crippen LogP contribution in [-0.4, -0.2) is 85.3 Å². The fraction of sp³-hybridized carbons (Fsp3) is 0.691. The number of nitrogens with one attached hydrogen (secondary N) is 3. The van der Waals surface area contributed by atoms with Crippen molar-refractivity contribution in [1.29, 1.82) is 0 Å². The third-order valence-electron chi connectivity index (χ3n) is 18.1. The Morgan fingerprint density at radius 3 is 2.23 bits per heavy atom. The van der Waals surface area contributed by atoms with Gasteiger partial charge in [-0.25, -0.2) is 0 Å². The second-order valence-electron chi connectivity index (χ2n) is 24.5. The number of allylic oxidation sites excluding steroid dienone is 4. The Balaban J connectivity index is 0.00000120. The Labute approximate surface area is 474 Å². The topological polar surface area (TPSA) is 111 Å². The van der Waals surface area contributed by atoms with Gasteiger partial charge in [0, 0.05) is 93.2 Å². The van der Waals surface area contributed by atoms with E-state index in [1.807, 2.05) is 34.7 Å². The van der Waals surface area contributed by atoms with Crippen molar-refractivity contribution < 1.29 is 0 Å². The summed E-state index contributed by atoms with van der Waals surface area (Å²) >= 11 is 0. The van der Waals surface area contributed by atoms with Crippen LogP contribution in [0.3, 0.4) is 0 Å². The zero-order chi connectivity index (χ0) is 56.8. The highest BCUT2D eigenvalue weighted by atomic mass is 15.3. The minimum atomic E-state index is 0.151. The van der Waals surface area contributed by atoms with Crippen LogP contribution in [-0.2, 0) is 12.8 Å². The van der Waals surface area contributed by atoms with E-state index in [1.165, 1.54) is 109 Å². The second kappa shape index (κ2) is 33.1. The molecule has 0 radical (unpaired) electrons. The van der Waals surface area contributed by atoms with E-state index in [-0.39, 0.29) is 5.41 Å². The van der Waals surface area contributed by atoms with Gasteiger partial charge in [0.15, 0.2) is 0 Å². The average molecular weight is 1060 g/mol. The van der Waals surface area contributed by atoms with Crippen molar-refractivity contribution in [2.45, 2.75) is 221 Å². The van der Waals surface area contributed by atoms with Crippen molar-refractivity contribution in [3.05, 3.63) is 120 Å². The summed E-state index contributed by atoms with van der Waals surface area (Å²) in [4.78, 5) is 14.0. The first-order chi connectivity index (χ1) is 37.2. The molecule has 4 fully saturated rings. The van der Waals surface area contributed by atoms with E-state index in [9.17, 15) is 0 Å². The maximum atomic E-state index is 5.49. The molecule has 1 saturated carbocycles. The number of nitrogens with two attached hydrogens (primary N) is 2. The fourth-order valence-corrected chi connectivity index (χ4v) is 13.9. The van der Waals surface area contributed by atoms with Crippen molar-refractivity contribution in [3.63, 3.8) is 0 Å². The number of anilines is 1. The lowest BCUT2D eigenvalue weighted by Gasteiger charge is -2.41. The Morgan fingerprint density at radius 1 is 0.935 bits per heavy atom. The molecule has 0 spiro atoms. The molecule has 10 atom stereocenters. The summed E-state index contributed by atoms with van der Waals surface area (Å²) < 4.78 is 0. The van der Waals surface area contributed by atoms with E-state index in [2.05, 4.69) is 166 Å². The molecule has 8 unspecified atom stereocenters. The molecule has 5 heterocycles. The maximum Gasteiger partial charge on any atom is 0.0557 e. The van der Waals surface area contributed by atoms with Gasteiger partial charge < -0.3 is 20.9 Å². The fourth-order valence-electron chi connectivity index (χ4n) is 13.9. The number of unbranched alkanes of at least 4 members (excludes halogenated alkanes) is 2. The summed E-state index contributed by atoms with van der Waals surface area (Å²) in [6.45, 7) is 50.8. The highest BCUT2D eigenvalue weighted by molar-refractivity contribution is 5.51. The first kappa shape index (κ1) is 65.8. The monoisotopic (exact) mass is 1060 g/mol. The molecule has 7 N–H and O–H groups in total. The molecule has 2 aromatic rings. The number of aryl methyl sites for hydroxylation is 1. The second-order valence-corrected chi connectivity index (χ2v) is 24.5. The first-order valence-electron chi connectivity index (χ1n) is 31.3. The number of pyridine rings is 1. The predicted molar refractivity (Wildman–Crippen MR) is 336 cm³/mol. The summed E-state index contributed by atoms with van der Waals surface area (Å²) in [6.07, 6.45) is 29.1. The third-order valence-corrected chi connectivity index (χ3v) is 18.1. The van der Waals surface area contributed by atoms with Crippen LogP contribution in [0.5, 0.6) is 0 Å². The van der Waals surface area contributed by atoms with Gasteiger partial charge in [-0.15, -0.1) is 13.2 Å². The van der Waals surface area contributed by atoms with E-state index in [0.29, 0.717) is 65.6 Å². The van der Waals surface area contributed by atoms with Gasteiger partial charge in [-0.2, -0.15) is 0 Å². The number of hydrogen-bond donors (Lipinski definition) is 5. The highest BCUT2D eigenvalue weighted by Crippen LogP contribution is 2.54. The van der Waals surface area contributed by atoms with Gasteiger partial charge in [0.1, 0.15) is 0 Å². The molecule has 2 bridgehead atoms. The molecule has 9 nitrogen and oxygen atoms in total. The molecule has 2 aliphatic carbocycles. The molecule has 3 saturated heterocycles. The number of likely N-dealkylation sites (tertiary alicyclic amines) is 1. The summed E-state index contributed by atoms with van der Waals surface area (Å²) in [5.41, 5.74) is 11.5. The molecule has 1 aromatic carbocycles. The van der Waals surface area contributed by atoms with Crippen LogP contribution in [0.25, 0.3) is 0 Å². The van der Waals surface area contributed by atoms with Crippen molar-refractivity contribution in [3.8, 4) is 0 Å². The summed E-state index contributed by atoms with van der Waals surface area (Å²) in [5, 5.41) is 10.8. The Bertz CT molecular complexity index is 2100. The summed E-state index contributed by atoms with van der Waals surface area (Å²) in [5.74, 6) is 11.6. The van der Waals surface area contributed by atoms with Crippen LogP contribution >= 0.6 is 0 Å². The maximum absolute atomic E-state index is 5.49. The van der Waals surface area contributed by atoms with Crippen LogP contribution < -0.4 is 32.5 Å². The lowest BCUT2D eigenvalue weighted by atomic mass is 9.74. The SMILES string of the molecule is C=CCCCCC1Cc2cc(cc(C3C=CC4C(CC)C(c5cc(N6CCN(C7CC7)CC6)cnc5C(C)CC)N(CC(C)(C)CCC(=C)C)C4C3)c2)CC[C@H]2NCCC2[C@@H](C(C)C)C(=C)N1.C=CNC.CC.CC.NN. The van der Waals surface area contributed by atoms with Gasteiger partial charge in [-0.05, 0) is 166 Å². The Hall–Kier alpha value is -3.73. The lowest BCUT2D eigenvalue weighted by molar-refractivity contribution is 0.0993. The third kappa shape index (κ3) is 18.1. The smallest absolute Gasteiger partial charge is 0.0557 e. The van der Waals surface area contributed by atoms with Gasteiger partial charge >= 0.3 is 0 Å². The molecule has 1 aromatic heterocycles. The lowest BCUT2D eigenvalue weighted by Crippen LogP contribution is -2.47. The number of piperazine rings is 1. The first-order valence-corrected chi connectivity index (χ1v) is 31.3. The molecule has 8 rings (SSSR count). The normalized spacial score (nSPS) is 26.7. The van der Waals surface area contributed by atoms with Crippen molar-refractivity contribution in [1.82, 2.24) is 30.7 Å². The largest absolute Gasteiger partial charge is 0.394 e. The highest BCUT2D eigenvalue weighted by Gasteiger charge is 2.51. The van der Waals surface area contributed by atoms with Crippen LogP contribution in [0.4, 0.5) is 5.69 Å². The van der Waals surface area contributed by atoms with Gasteiger partial charge in [0.05, 0.1) is 11.9 Å². The molecular weight excluding hydrogens is 943 g/mol. The molecule has 9 heteroatoms. The number of rotatable bonds is 19. The van der Waals surface area contributed by atoms with Gasteiger partial charge in [0.2, 0.25) is 0 Å². The standard InChI is InChI=1S/C61H94N6.C3H7N.2C2H6.H4N2/c1-12-15-16-17-18-49-36-46-33-45(19-24-56-54(26-28-62-56)58(42(6)7)44(9)64-49)34-48(35-46)47-20-23-53-52(14-3)60(67(57(53)37-47)40-61(10,11)27-25-41(4)5)55-38-51(39-63-59(55)43(8)13-2)66-31-29-65(30-32-66)50-21-22-50;1-3-4-2;3*1-2/h12,20,23,33-35,38-39,42-43,47,49-50,52-54,56-58,60,62,64H,1,4,9,13-19,21-22,24-32,36-37,40H2,2-3,5-8,10-11H3;3-4H,1H2,2H3;2*1-2H3;1-2H2/t43?,47?,49?,52?,53?,54?,56-,57?,58+,60?;;;;/m1..../s1. The number of hydrogen-bond acceptors (Lipinski definition) is 9. The Morgan fingerprint density at radius 2 is 1.62 bits per heavy atom. The summed E-state index contributed by atoms with van der Waals surface area (Å²) in [7, 11) is 1.81. The number of nitrogens with zero attached hydrogens (tertiary/aromatic N) is 4. The Kier molecular flexibility index (Phi) is 28.3. The van der Waals surface area contributed by atoms with E-state index < -0.39 is 0 Å². The quantitative estimate of drug-likeness (QED) is 0.0407. The van der Waals surface area contributed by atoms with Crippen LogP contribution in [0, 0.1) is 35.0 Å². The van der Waals surface area contributed by atoms with Gasteiger partial charge in [-0.3, -0.25) is 26.5 Å². The van der Waals surface area contributed by atoms with Crippen molar-refractivity contribution in [2.75, 3.05) is 51.2 Å². The molecule has 0 amide bonds. The van der Waals surface area contributed by atoms with E-state index >= 15 is 0 Å². The van der Waals surface area contributed by atoms with E-state index in [1.54, 1.807) is 6.20 Å². The molecule has 434 valence electrons. The molecule has 4 aliphatic heterocycles. The molecular formula is C68H117N9. The van der Waals surface area contributed by atoms with E-state index in [4.69, 9.17) is 11.6 Å². The molecule has 77 heavy (non-hydrogen) atoms. The number of aromatic nitrogens is 1. The van der Waals surface area contributed by atoms with Crippen LogP contribution in [0.1, 0.15) is 212 Å². The van der Waals surface area contributed by atoms with Crippen LogP contribution in [0.2, 0.25) is 0 Å². The van der Waals surface area contributed by atoms with E-state index in [0.717, 1.165) is 77.2 Å². The summed E-state index contributed by atoms with van der Waals surface area (Å²) in [6, 6.07) is 13.1. The van der Waals surface area contributed by atoms with Gasteiger partial charge in [-0.1, -0.05) is 144 Å². The van der Waals surface area contributed by atoms with Crippen molar-refractivity contribution in [2.24, 2.45) is 46.7 Å². The predicted octanol–water partition coefficient (Wildman–Crippen LogP) is 14.6. The minimum absolute atomic E-state index is 0.151. The van der Waals surface area contributed by atoms with Crippen molar-refractivity contribution >= 4 is 5.69 Å². The zero-order valence-corrected chi connectivity index (χ0v) is 51.7. The number of hydrazine groups is 1. The number of benzene rings is 1. The average Bonchev–Trinajstić information content (AvgIpc) is 4.22.